The normalized spacial score (nSPS) is 10.9. The molecule has 0 fully saturated rings. The van der Waals surface area contributed by atoms with E-state index in [1.54, 1.807) is 0 Å². The smallest absolute Gasteiger partial charge is 0.0928 e. The lowest BCUT2D eigenvalue weighted by atomic mass is 10.1. The second kappa shape index (κ2) is 2.34. The van der Waals surface area contributed by atoms with Gasteiger partial charge in [0.1, 0.15) is 0 Å². The van der Waals surface area contributed by atoms with Crippen LogP contribution in [-0.4, -0.2) is 9.78 Å². The molecule has 1 aromatic heterocycles. The van der Waals surface area contributed by atoms with Crippen molar-refractivity contribution in [3.8, 4) is 0 Å². The van der Waals surface area contributed by atoms with Gasteiger partial charge in [-0.25, -0.2) is 0 Å². The van der Waals surface area contributed by atoms with Crippen LogP contribution >= 0.6 is 0 Å². The average Bonchev–Trinajstić information content (AvgIpc) is 2.29. The van der Waals surface area contributed by atoms with E-state index in [1.807, 2.05) is 11.7 Å². The Bertz CT molecular complexity index is 427. The summed E-state index contributed by atoms with van der Waals surface area (Å²) in [6.45, 7) is 4.22. The summed E-state index contributed by atoms with van der Waals surface area (Å²) in [5.41, 5.74) is 3.67. The van der Waals surface area contributed by atoms with Gasteiger partial charge in [-0.05, 0) is 31.0 Å². The lowest BCUT2D eigenvalue weighted by Crippen LogP contribution is -1.84. The molecule has 0 radical (unpaired) electrons. The number of rotatable bonds is 0. The third kappa shape index (κ3) is 0.998. The molecule has 1 heterocycles. The topological polar surface area (TPSA) is 17.8 Å². The Balaban J connectivity index is 2.88. The standard InChI is InChI=1S/C10H12N2/c1-7-4-8(2)9-6-12(3)11-10(9)5-7/h4-6H,1-3H3. The van der Waals surface area contributed by atoms with Gasteiger partial charge in [0.05, 0.1) is 5.52 Å². The average molecular weight is 160 g/mol. The molecule has 0 aliphatic heterocycles. The number of nitrogens with zero attached hydrogens (tertiary/aromatic N) is 2. The molecule has 0 saturated carbocycles. The van der Waals surface area contributed by atoms with Crippen molar-refractivity contribution in [2.45, 2.75) is 13.8 Å². The van der Waals surface area contributed by atoms with E-state index in [-0.39, 0.29) is 0 Å². The summed E-state index contributed by atoms with van der Waals surface area (Å²) in [6, 6.07) is 4.30. The molecule has 2 nitrogen and oxygen atoms in total. The Morgan fingerprint density at radius 2 is 2.00 bits per heavy atom. The van der Waals surface area contributed by atoms with E-state index < -0.39 is 0 Å². The van der Waals surface area contributed by atoms with Gasteiger partial charge in [0.2, 0.25) is 0 Å². The first-order valence-electron chi connectivity index (χ1n) is 4.07. The van der Waals surface area contributed by atoms with Crippen LogP contribution in [0.4, 0.5) is 0 Å². The van der Waals surface area contributed by atoms with Crippen molar-refractivity contribution in [2.75, 3.05) is 0 Å². The number of hydrogen-bond acceptors (Lipinski definition) is 1. The van der Waals surface area contributed by atoms with Crippen molar-refractivity contribution in [3.63, 3.8) is 0 Å². The van der Waals surface area contributed by atoms with Crippen LogP contribution < -0.4 is 0 Å². The Hall–Kier alpha value is -1.31. The van der Waals surface area contributed by atoms with Crippen molar-refractivity contribution in [1.82, 2.24) is 9.78 Å². The lowest BCUT2D eigenvalue weighted by molar-refractivity contribution is 0.779. The van der Waals surface area contributed by atoms with Crippen molar-refractivity contribution in [1.29, 1.82) is 0 Å². The van der Waals surface area contributed by atoms with Gasteiger partial charge in [0.25, 0.3) is 0 Å². The largest absolute Gasteiger partial charge is 0.275 e. The van der Waals surface area contributed by atoms with Crippen molar-refractivity contribution >= 4 is 10.9 Å². The van der Waals surface area contributed by atoms with Crippen LogP contribution in [0, 0.1) is 13.8 Å². The minimum absolute atomic E-state index is 1.09. The van der Waals surface area contributed by atoms with E-state index in [4.69, 9.17) is 0 Å². The van der Waals surface area contributed by atoms with E-state index in [2.05, 4.69) is 37.3 Å². The molecular weight excluding hydrogens is 148 g/mol. The second-order valence-corrected chi connectivity index (χ2v) is 3.32. The SMILES string of the molecule is Cc1cc(C)c2cn(C)nc2c1. The van der Waals surface area contributed by atoms with Crippen LogP contribution in [0.25, 0.3) is 10.9 Å². The second-order valence-electron chi connectivity index (χ2n) is 3.32. The summed E-state index contributed by atoms with van der Waals surface area (Å²) >= 11 is 0. The molecule has 62 valence electrons. The van der Waals surface area contributed by atoms with E-state index in [0.717, 1.165) is 5.52 Å². The molecule has 1 aromatic carbocycles. The predicted octanol–water partition coefficient (Wildman–Crippen LogP) is 2.19. The molecule has 0 saturated heterocycles. The lowest BCUT2D eigenvalue weighted by Gasteiger charge is -1.95. The fourth-order valence-electron chi connectivity index (χ4n) is 1.59. The minimum atomic E-state index is 1.09. The Kier molecular flexibility index (Phi) is 1.43. The van der Waals surface area contributed by atoms with Crippen LogP contribution in [0.3, 0.4) is 0 Å². The summed E-state index contributed by atoms with van der Waals surface area (Å²) in [5.74, 6) is 0. The summed E-state index contributed by atoms with van der Waals surface area (Å²) in [5, 5.41) is 5.60. The molecule has 0 aliphatic rings. The van der Waals surface area contributed by atoms with Gasteiger partial charge >= 0.3 is 0 Å². The fourth-order valence-corrected chi connectivity index (χ4v) is 1.59. The third-order valence-corrected chi connectivity index (χ3v) is 2.09. The van der Waals surface area contributed by atoms with Gasteiger partial charge in [-0.1, -0.05) is 6.07 Å². The maximum Gasteiger partial charge on any atom is 0.0928 e. The number of aryl methyl sites for hydroxylation is 3. The molecule has 0 bridgehead atoms. The van der Waals surface area contributed by atoms with Gasteiger partial charge in [0.15, 0.2) is 0 Å². The first-order valence-corrected chi connectivity index (χ1v) is 4.07. The summed E-state index contributed by atoms with van der Waals surface area (Å²) in [7, 11) is 1.95. The van der Waals surface area contributed by atoms with Gasteiger partial charge < -0.3 is 0 Å². The molecule has 0 unspecified atom stereocenters. The maximum atomic E-state index is 4.35. The van der Waals surface area contributed by atoms with E-state index in [0.29, 0.717) is 0 Å². The van der Waals surface area contributed by atoms with Gasteiger partial charge in [-0.2, -0.15) is 5.10 Å². The molecule has 0 spiro atoms. The zero-order valence-corrected chi connectivity index (χ0v) is 7.63. The highest BCUT2D eigenvalue weighted by Gasteiger charge is 2.01. The number of fused-ring (bicyclic) bond motifs is 1. The Morgan fingerprint density at radius 1 is 1.25 bits per heavy atom. The summed E-state index contributed by atoms with van der Waals surface area (Å²) < 4.78 is 1.86. The molecule has 2 heteroatoms. The van der Waals surface area contributed by atoms with E-state index in [9.17, 15) is 0 Å². The number of benzene rings is 1. The van der Waals surface area contributed by atoms with Crippen LogP contribution in [0.1, 0.15) is 11.1 Å². The highest BCUT2D eigenvalue weighted by molar-refractivity contribution is 5.82. The molecule has 0 amide bonds. The molecule has 12 heavy (non-hydrogen) atoms. The third-order valence-electron chi connectivity index (χ3n) is 2.09. The van der Waals surface area contributed by atoms with Crippen molar-refractivity contribution in [3.05, 3.63) is 29.5 Å². The zero-order valence-electron chi connectivity index (χ0n) is 7.63. The van der Waals surface area contributed by atoms with Crippen LogP contribution in [-0.2, 0) is 7.05 Å². The summed E-state index contributed by atoms with van der Waals surface area (Å²) in [4.78, 5) is 0. The van der Waals surface area contributed by atoms with Crippen LogP contribution in [0.15, 0.2) is 18.3 Å². The molecule has 0 N–H and O–H groups in total. The quantitative estimate of drug-likeness (QED) is 0.577. The minimum Gasteiger partial charge on any atom is -0.275 e. The zero-order chi connectivity index (χ0) is 8.72. The number of hydrogen-bond donors (Lipinski definition) is 0. The summed E-state index contributed by atoms with van der Waals surface area (Å²) in [6.07, 6.45) is 2.06. The monoisotopic (exact) mass is 160 g/mol. The molecule has 2 aromatic rings. The highest BCUT2D eigenvalue weighted by Crippen LogP contribution is 2.18. The van der Waals surface area contributed by atoms with Crippen LogP contribution in [0.5, 0.6) is 0 Å². The first-order chi connectivity index (χ1) is 5.66. The first kappa shape index (κ1) is 7.35. The van der Waals surface area contributed by atoms with Crippen LogP contribution in [0.2, 0.25) is 0 Å². The van der Waals surface area contributed by atoms with Gasteiger partial charge in [0, 0.05) is 18.6 Å². The molecular formula is C10H12N2. The van der Waals surface area contributed by atoms with Crippen molar-refractivity contribution in [2.24, 2.45) is 7.05 Å². The fraction of sp³-hybridized carbons (Fsp3) is 0.300. The molecule has 0 aliphatic carbocycles. The Labute approximate surface area is 71.8 Å². The number of aromatic nitrogens is 2. The van der Waals surface area contributed by atoms with E-state index >= 15 is 0 Å². The highest BCUT2D eigenvalue weighted by atomic mass is 15.2. The predicted molar refractivity (Wildman–Crippen MR) is 50.2 cm³/mol. The van der Waals surface area contributed by atoms with Gasteiger partial charge in [-0.15, -0.1) is 0 Å². The molecule has 0 atom stereocenters. The van der Waals surface area contributed by atoms with Crippen molar-refractivity contribution < 1.29 is 0 Å². The maximum absolute atomic E-state index is 4.35. The molecule has 2 rings (SSSR count). The van der Waals surface area contributed by atoms with E-state index in [1.165, 1.54) is 16.5 Å². The van der Waals surface area contributed by atoms with Gasteiger partial charge in [-0.3, -0.25) is 4.68 Å². The Morgan fingerprint density at radius 3 is 2.75 bits per heavy atom.